The molecule has 0 aromatic heterocycles. The molecule has 0 fully saturated rings. The molecule has 1 heterocycles. The largest absolute Gasteiger partial charge is 0.375 e. The van der Waals surface area contributed by atoms with Gasteiger partial charge in [0.05, 0.1) is 12.1 Å². The summed E-state index contributed by atoms with van der Waals surface area (Å²) < 4.78 is 0. The Morgan fingerprint density at radius 1 is 1.00 bits per heavy atom. The van der Waals surface area contributed by atoms with Gasteiger partial charge in [0.15, 0.2) is 11.4 Å². The monoisotopic (exact) mass is 359 g/mol. The van der Waals surface area contributed by atoms with Crippen LogP contribution < -0.4 is 4.90 Å². The van der Waals surface area contributed by atoms with Crippen molar-refractivity contribution >= 4 is 28.2 Å². The maximum Gasteiger partial charge on any atom is 0.264 e. The van der Waals surface area contributed by atoms with Gasteiger partial charge in [-0.25, -0.2) is 0 Å². The molecule has 4 heteroatoms. The van der Waals surface area contributed by atoms with E-state index in [9.17, 15) is 14.7 Å². The van der Waals surface area contributed by atoms with Crippen LogP contribution >= 0.6 is 0 Å². The van der Waals surface area contributed by atoms with Crippen LogP contribution in [0, 0.1) is 0 Å². The number of carbonyl (C=O) groups excluding carboxylic acids is 2. The van der Waals surface area contributed by atoms with E-state index in [0.29, 0.717) is 23.4 Å². The number of ketones is 1. The highest BCUT2D eigenvalue weighted by atomic mass is 16.3. The molecule has 0 saturated heterocycles. The Morgan fingerprint density at radius 2 is 1.70 bits per heavy atom. The van der Waals surface area contributed by atoms with E-state index in [0.717, 1.165) is 17.2 Å². The Labute approximate surface area is 158 Å². The fraction of sp³-hybridized carbons (Fsp3) is 0.217. The zero-order chi connectivity index (χ0) is 19.0. The lowest BCUT2D eigenvalue weighted by Crippen LogP contribution is -2.42. The van der Waals surface area contributed by atoms with Gasteiger partial charge in [-0.1, -0.05) is 61.5 Å². The van der Waals surface area contributed by atoms with E-state index < -0.39 is 11.5 Å². The fourth-order valence-electron chi connectivity index (χ4n) is 3.82. The van der Waals surface area contributed by atoms with Gasteiger partial charge < -0.3 is 10.0 Å². The van der Waals surface area contributed by atoms with Crippen LogP contribution in [0.15, 0.2) is 66.7 Å². The molecule has 0 radical (unpaired) electrons. The maximum absolute atomic E-state index is 13.0. The molecular weight excluding hydrogens is 338 g/mol. The minimum Gasteiger partial charge on any atom is -0.375 e. The van der Waals surface area contributed by atoms with Gasteiger partial charge in [-0.05, 0) is 29.3 Å². The van der Waals surface area contributed by atoms with Crippen molar-refractivity contribution in [2.75, 3.05) is 11.4 Å². The first-order valence-corrected chi connectivity index (χ1v) is 9.20. The highest BCUT2D eigenvalue weighted by Crippen LogP contribution is 2.42. The molecular formula is C23H21NO3. The molecule has 0 saturated carbocycles. The minimum atomic E-state index is -1.81. The van der Waals surface area contributed by atoms with Gasteiger partial charge >= 0.3 is 0 Å². The van der Waals surface area contributed by atoms with Crippen LogP contribution in [-0.4, -0.2) is 23.3 Å². The minimum absolute atomic E-state index is 0.246. The molecule has 1 aliphatic rings. The number of aliphatic hydroxyl groups is 1. The third-order valence-corrected chi connectivity index (χ3v) is 5.17. The fourth-order valence-corrected chi connectivity index (χ4v) is 3.82. The number of fused-ring (bicyclic) bond motifs is 2. The van der Waals surface area contributed by atoms with Crippen molar-refractivity contribution in [3.63, 3.8) is 0 Å². The van der Waals surface area contributed by atoms with E-state index in [2.05, 4.69) is 0 Å². The predicted molar refractivity (Wildman–Crippen MR) is 106 cm³/mol. The number of Topliss-reactive ketones (excluding diaryl/α,β-unsaturated/α-hetero) is 1. The van der Waals surface area contributed by atoms with Crippen molar-refractivity contribution in [3.8, 4) is 0 Å². The molecule has 4 rings (SSSR count). The van der Waals surface area contributed by atoms with Crippen molar-refractivity contribution in [2.24, 2.45) is 0 Å². The van der Waals surface area contributed by atoms with Crippen LogP contribution in [0.3, 0.4) is 0 Å². The zero-order valence-corrected chi connectivity index (χ0v) is 15.2. The van der Waals surface area contributed by atoms with E-state index in [1.807, 2.05) is 55.5 Å². The highest BCUT2D eigenvalue weighted by Gasteiger charge is 2.50. The lowest BCUT2D eigenvalue weighted by atomic mass is 9.88. The average molecular weight is 359 g/mol. The second-order valence-corrected chi connectivity index (χ2v) is 7.00. The summed E-state index contributed by atoms with van der Waals surface area (Å²) in [5.74, 6) is -0.663. The van der Waals surface area contributed by atoms with Gasteiger partial charge in [-0.3, -0.25) is 9.59 Å². The number of rotatable bonds is 5. The quantitative estimate of drug-likeness (QED) is 0.699. The predicted octanol–water partition coefficient (Wildman–Crippen LogP) is 4.06. The van der Waals surface area contributed by atoms with Crippen LogP contribution in [0.4, 0.5) is 5.69 Å². The summed E-state index contributed by atoms with van der Waals surface area (Å²) in [7, 11) is 0. The molecule has 1 aliphatic heterocycles. The van der Waals surface area contributed by atoms with Crippen LogP contribution in [0.5, 0.6) is 0 Å². The van der Waals surface area contributed by atoms with Crippen LogP contribution in [-0.2, 0) is 10.4 Å². The molecule has 136 valence electrons. The Kier molecular flexibility index (Phi) is 4.28. The average Bonchev–Trinajstić information content (AvgIpc) is 2.90. The molecule has 0 bridgehead atoms. The number of amides is 1. The van der Waals surface area contributed by atoms with Gasteiger partial charge in [0.25, 0.3) is 5.91 Å². The Morgan fingerprint density at radius 3 is 2.48 bits per heavy atom. The standard InChI is InChI=1S/C23H21NO3/c1-2-13-24-20-10-6-5-9-19(20)23(27,22(24)26)15-21(25)18-12-11-16-7-3-4-8-17(16)14-18/h3-12,14,27H,2,13,15H2,1H3. The van der Waals surface area contributed by atoms with Crippen LogP contribution in [0.2, 0.25) is 0 Å². The molecule has 4 nitrogen and oxygen atoms in total. The molecule has 1 N–H and O–H groups in total. The molecule has 1 amide bonds. The number of para-hydroxylation sites is 1. The molecule has 27 heavy (non-hydrogen) atoms. The first kappa shape index (κ1) is 17.4. The normalized spacial score (nSPS) is 18.7. The summed E-state index contributed by atoms with van der Waals surface area (Å²) in [6.45, 7) is 2.50. The van der Waals surface area contributed by atoms with Gasteiger partial charge in [0.2, 0.25) is 0 Å². The van der Waals surface area contributed by atoms with Crippen LogP contribution in [0.1, 0.15) is 35.7 Å². The Bertz CT molecular complexity index is 1040. The molecule has 3 aromatic rings. The first-order valence-electron chi connectivity index (χ1n) is 9.20. The number of nitrogens with zero attached hydrogens (tertiary/aromatic N) is 1. The Balaban J connectivity index is 1.69. The second kappa shape index (κ2) is 6.63. The van der Waals surface area contributed by atoms with Crippen molar-refractivity contribution in [1.82, 2.24) is 0 Å². The lowest BCUT2D eigenvalue weighted by molar-refractivity contribution is -0.135. The molecule has 1 atom stereocenters. The lowest BCUT2D eigenvalue weighted by Gasteiger charge is -2.22. The maximum atomic E-state index is 13.0. The van der Waals surface area contributed by atoms with Crippen molar-refractivity contribution in [1.29, 1.82) is 0 Å². The number of hydrogen-bond acceptors (Lipinski definition) is 3. The SMILES string of the molecule is CCCN1C(=O)C(O)(CC(=O)c2ccc3ccccc3c2)c2ccccc21. The zero-order valence-electron chi connectivity index (χ0n) is 15.2. The van der Waals surface area contributed by atoms with E-state index in [1.54, 1.807) is 23.1 Å². The molecule has 0 aliphatic carbocycles. The number of carbonyl (C=O) groups is 2. The van der Waals surface area contributed by atoms with Crippen molar-refractivity contribution in [2.45, 2.75) is 25.4 Å². The molecule has 3 aromatic carbocycles. The number of benzene rings is 3. The van der Waals surface area contributed by atoms with Crippen LogP contribution in [0.25, 0.3) is 10.8 Å². The van der Waals surface area contributed by atoms with E-state index >= 15 is 0 Å². The van der Waals surface area contributed by atoms with E-state index in [-0.39, 0.29) is 12.2 Å². The second-order valence-electron chi connectivity index (χ2n) is 7.00. The Hall–Kier alpha value is -2.98. The number of anilines is 1. The number of hydrogen-bond donors (Lipinski definition) is 1. The van der Waals surface area contributed by atoms with Gasteiger partial charge in [0, 0.05) is 17.7 Å². The summed E-state index contributed by atoms with van der Waals surface area (Å²) in [6, 6.07) is 20.4. The third-order valence-electron chi connectivity index (χ3n) is 5.17. The summed E-state index contributed by atoms with van der Waals surface area (Å²) in [6.07, 6.45) is 0.510. The summed E-state index contributed by atoms with van der Waals surface area (Å²) >= 11 is 0. The van der Waals surface area contributed by atoms with Gasteiger partial charge in [-0.2, -0.15) is 0 Å². The topological polar surface area (TPSA) is 57.6 Å². The smallest absolute Gasteiger partial charge is 0.264 e. The van der Waals surface area contributed by atoms with E-state index in [1.165, 1.54) is 0 Å². The third kappa shape index (κ3) is 2.82. The highest BCUT2D eigenvalue weighted by molar-refractivity contribution is 6.11. The van der Waals surface area contributed by atoms with Gasteiger partial charge in [-0.15, -0.1) is 0 Å². The van der Waals surface area contributed by atoms with Crippen molar-refractivity contribution < 1.29 is 14.7 Å². The van der Waals surface area contributed by atoms with Gasteiger partial charge in [0.1, 0.15) is 0 Å². The first-order chi connectivity index (χ1) is 13.0. The molecule has 1 unspecified atom stereocenters. The summed E-state index contributed by atoms with van der Waals surface area (Å²) in [5, 5.41) is 13.2. The van der Waals surface area contributed by atoms with Crippen molar-refractivity contribution in [3.05, 3.63) is 77.9 Å². The molecule has 0 spiro atoms. The summed E-state index contributed by atoms with van der Waals surface area (Å²) in [4.78, 5) is 27.5. The summed E-state index contributed by atoms with van der Waals surface area (Å²) in [5.41, 5.74) is -0.105. The van der Waals surface area contributed by atoms with E-state index in [4.69, 9.17) is 0 Å².